The molecule has 0 fully saturated rings. The lowest BCUT2D eigenvalue weighted by molar-refractivity contribution is -0.114. The van der Waals surface area contributed by atoms with Gasteiger partial charge in [0.1, 0.15) is 5.82 Å². The smallest absolute Gasteiger partial charge is 0.233 e. The molecule has 1 aromatic rings. The maximum Gasteiger partial charge on any atom is 0.233 e. The van der Waals surface area contributed by atoms with Gasteiger partial charge in [0.05, 0.1) is 11.4 Å². The van der Waals surface area contributed by atoms with Gasteiger partial charge >= 0.3 is 0 Å². The molecule has 0 saturated heterocycles. The molecule has 0 radical (unpaired) electrons. The highest BCUT2D eigenvalue weighted by molar-refractivity contribution is 7.92. The van der Waals surface area contributed by atoms with Gasteiger partial charge in [-0.05, 0) is 24.1 Å². The van der Waals surface area contributed by atoms with E-state index in [1.807, 2.05) is 13.8 Å². The molecule has 1 unspecified atom stereocenters. The molecule has 0 aliphatic heterocycles. The molecule has 0 aromatic heterocycles. The van der Waals surface area contributed by atoms with Gasteiger partial charge in [0.25, 0.3) is 0 Å². The normalized spacial score (nSPS) is 12.8. The number of halogens is 1. The first-order chi connectivity index (χ1) is 9.23. The van der Waals surface area contributed by atoms with E-state index in [9.17, 15) is 17.6 Å². The third-order valence-electron chi connectivity index (χ3n) is 2.75. The van der Waals surface area contributed by atoms with E-state index in [0.717, 1.165) is 12.5 Å². The largest absolute Gasteiger partial charge is 0.326 e. The van der Waals surface area contributed by atoms with Crippen LogP contribution in [0.25, 0.3) is 0 Å². The second-order valence-corrected chi connectivity index (χ2v) is 6.54. The third-order valence-corrected chi connectivity index (χ3v) is 4.29. The van der Waals surface area contributed by atoms with Gasteiger partial charge in [0, 0.05) is 12.6 Å². The molecule has 1 rings (SSSR count). The predicted octanol–water partition coefficient (Wildman–Crippen LogP) is 2.57. The van der Waals surface area contributed by atoms with Crippen LogP contribution in [0, 0.1) is 11.7 Å². The van der Waals surface area contributed by atoms with Crippen molar-refractivity contribution in [3.63, 3.8) is 0 Å². The fourth-order valence-corrected chi connectivity index (χ4v) is 3.15. The molecule has 0 spiro atoms. The van der Waals surface area contributed by atoms with E-state index in [0.29, 0.717) is 5.69 Å². The molecule has 1 amide bonds. The third kappa shape index (κ3) is 5.16. The second-order valence-electron chi connectivity index (χ2n) is 4.77. The van der Waals surface area contributed by atoms with Gasteiger partial charge in [0.15, 0.2) is 0 Å². The monoisotopic (exact) mass is 302 g/mol. The van der Waals surface area contributed by atoms with E-state index in [1.54, 1.807) is 0 Å². The van der Waals surface area contributed by atoms with Gasteiger partial charge in [-0.15, -0.1) is 0 Å². The first kappa shape index (κ1) is 16.4. The van der Waals surface area contributed by atoms with E-state index in [1.165, 1.54) is 19.1 Å². The Morgan fingerprint density at radius 3 is 2.60 bits per heavy atom. The number of carbonyl (C=O) groups is 1. The Bertz CT molecular complexity index is 587. The first-order valence-electron chi connectivity index (χ1n) is 6.31. The molecule has 1 aromatic carbocycles. The molecule has 0 heterocycles. The summed E-state index contributed by atoms with van der Waals surface area (Å²) in [6.07, 6.45) is 0.718. The molecular weight excluding hydrogens is 283 g/mol. The Hall–Kier alpha value is -1.63. The van der Waals surface area contributed by atoms with Crippen molar-refractivity contribution in [1.82, 2.24) is 0 Å². The SMILES string of the molecule is CCC(C)CS(=O)(=O)Nc1cc(NC(C)=O)ccc1F. The van der Waals surface area contributed by atoms with Crippen molar-refractivity contribution in [2.45, 2.75) is 27.2 Å². The van der Waals surface area contributed by atoms with Crippen molar-refractivity contribution >= 4 is 27.3 Å². The number of anilines is 2. The predicted molar refractivity (Wildman–Crippen MR) is 77.6 cm³/mol. The molecule has 112 valence electrons. The number of sulfonamides is 1. The zero-order valence-corrected chi connectivity index (χ0v) is 12.6. The van der Waals surface area contributed by atoms with Crippen molar-refractivity contribution in [2.24, 2.45) is 5.92 Å². The van der Waals surface area contributed by atoms with Crippen LogP contribution in [-0.4, -0.2) is 20.1 Å². The van der Waals surface area contributed by atoms with Gasteiger partial charge in [-0.3, -0.25) is 9.52 Å². The quantitative estimate of drug-likeness (QED) is 0.848. The molecule has 0 saturated carbocycles. The second kappa shape index (κ2) is 6.69. The van der Waals surface area contributed by atoms with Crippen LogP contribution in [-0.2, 0) is 14.8 Å². The molecule has 20 heavy (non-hydrogen) atoms. The lowest BCUT2D eigenvalue weighted by atomic mass is 10.2. The standard InChI is InChI=1S/C13H19FN2O3S/c1-4-9(2)8-20(18,19)16-13-7-11(15-10(3)17)5-6-12(13)14/h5-7,9,16H,4,8H2,1-3H3,(H,15,17). The summed E-state index contributed by atoms with van der Waals surface area (Å²) < 4.78 is 39.6. The van der Waals surface area contributed by atoms with Crippen LogP contribution in [0.3, 0.4) is 0 Å². The highest BCUT2D eigenvalue weighted by atomic mass is 32.2. The zero-order chi connectivity index (χ0) is 15.3. The summed E-state index contributed by atoms with van der Waals surface area (Å²) in [6.45, 7) is 5.01. The van der Waals surface area contributed by atoms with E-state index in [-0.39, 0.29) is 23.3 Å². The summed E-state index contributed by atoms with van der Waals surface area (Å²) in [5.41, 5.74) is 0.166. The lowest BCUT2D eigenvalue weighted by Gasteiger charge is -2.13. The molecule has 5 nitrogen and oxygen atoms in total. The van der Waals surface area contributed by atoms with Crippen LogP contribution in [0.4, 0.5) is 15.8 Å². The van der Waals surface area contributed by atoms with Crippen molar-refractivity contribution in [1.29, 1.82) is 0 Å². The van der Waals surface area contributed by atoms with E-state index in [4.69, 9.17) is 0 Å². The molecule has 1 atom stereocenters. The lowest BCUT2D eigenvalue weighted by Crippen LogP contribution is -2.21. The Morgan fingerprint density at radius 2 is 2.05 bits per heavy atom. The highest BCUT2D eigenvalue weighted by Gasteiger charge is 2.17. The Morgan fingerprint density at radius 1 is 1.40 bits per heavy atom. The number of hydrogen-bond acceptors (Lipinski definition) is 3. The van der Waals surface area contributed by atoms with Gasteiger partial charge in [-0.1, -0.05) is 20.3 Å². The van der Waals surface area contributed by atoms with Gasteiger partial charge < -0.3 is 5.32 Å². The fraction of sp³-hybridized carbons (Fsp3) is 0.462. The molecular formula is C13H19FN2O3S. The summed E-state index contributed by atoms with van der Waals surface area (Å²) in [6, 6.07) is 3.72. The summed E-state index contributed by atoms with van der Waals surface area (Å²) in [5.74, 6) is -1.10. The summed E-state index contributed by atoms with van der Waals surface area (Å²) in [7, 11) is -3.62. The van der Waals surface area contributed by atoms with Gasteiger partial charge in [-0.25, -0.2) is 12.8 Å². The highest BCUT2D eigenvalue weighted by Crippen LogP contribution is 2.21. The maximum absolute atomic E-state index is 13.6. The molecule has 2 N–H and O–H groups in total. The van der Waals surface area contributed by atoms with E-state index < -0.39 is 15.8 Å². The van der Waals surface area contributed by atoms with E-state index >= 15 is 0 Å². The van der Waals surface area contributed by atoms with Crippen molar-refractivity contribution in [2.75, 3.05) is 15.8 Å². The Kier molecular flexibility index (Phi) is 5.50. The molecule has 0 aliphatic rings. The van der Waals surface area contributed by atoms with E-state index in [2.05, 4.69) is 10.0 Å². The minimum Gasteiger partial charge on any atom is -0.326 e. The minimum atomic E-state index is -3.62. The van der Waals surface area contributed by atoms with Crippen LogP contribution >= 0.6 is 0 Å². The van der Waals surface area contributed by atoms with Crippen molar-refractivity contribution in [3.05, 3.63) is 24.0 Å². The minimum absolute atomic E-state index is 0.0194. The Balaban J connectivity index is 2.93. The maximum atomic E-state index is 13.6. The average molecular weight is 302 g/mol. The summed E-state index contributed by atoms with van der Waals surface area (Å²) >= 11 is 0. The molecule has 7 heteroatoms. The van der Waals surface area contributed by atoms with Crippen LogP contribution < -0.4 is 10.0 Å². The average Bonchev–Trinajstić information content (AvgIpc) is 2.31. The topological polar surface area (TPSA) is 75.3 Å². The summed E-state index contributed by atoms with van der Waals surface area (Å²) in [5, 5.41) is 2.47. The van der Waals surface area contributed by atoms with Gasteiger partial charge in [-0.2, -0.15) is 0 Å². The van der Waals surface area contributed by atoms with Crippen molar-refractivity contribution < 1.29 is 17.6 Å². The van der Waals surface area contributed by atoms with Crippen LogP contribution in [0.15, 0.2) is 18.2 Å². The van der Waals surface area contributed by atoms with Crippen LogP contribution in [0.2, 0.25) is 0 Å². The summed E-state index contributed by atoms with van der Waals surface area (Å²) in [4.78, 5) is 10.9. The molecule has 0 aliphatic carbocycles. The number of carbonyl (C=O) groups excluding carboxylic acids is 1. The number of nitrogens with one attached hydrogen (secondary N) is 2. The van der Waals surface area contributed by atoms with Crippen LogP contribution in [0.1, 0.15) is 27.2 Å². The molecule has 0 bridgehead atoms. The number of rotatable bonds is 6. The zero-order valence-electron chi connectivity index (χ0n) is 11.7. The number of hydrogen-bond donors (Lipinski definition) is 2. The van der Waals surface area contributed by atoms with Crippen molar-refractivity contribution in [3.8, 4) is 0 Å². The Labute approximate surface area is 118 Å². The van der Waals surface area contributed by atoms with Crippen LogP contribution in [0.5, 0.6) is 0 Å². The number of benzene rings is 1. The fourth-order valence-electron chi connectivity index (χ4n) is 1.59. The number of amides is 1. The first-order valence-corrected chi connectivity index (χ1v) is 7.96. The van der Waals surface area contributed by atoms with Gasteiger partial charge in [0.2, 0.25) is 15.9 Å².